The molecular formula is C11H16N2OS2. The molecule has 2 rings (SSSR count). The number of aryl methyl sites for hydroxylation is 1. The van der Waals surface area contributed by atoms with E-state index in [0.29, 0.717) is 6.54 Å². The number of thioether (sulfide) groups is 1. The van der Waals surface area contributed by atoms with E-state index in [2.05, 4.69) is 5.32 Å². The van der Waals surface area contributed by atoms with Crippen LogP contribution in [0.2, 0.25) is 0 Å². The molecule has 3 nitrogen and oxygen atoms in total. The summed E-state index contributed by atoms with van der Waals surface area (Å²) in [6.07, 6.45) is 1.10. The van der Waals surface area contributed by atoms with Crippen LogP contribution in [-0.2, 0) is 12.2 Å². The number of hydrogen-bond donors (Lipinski definition) is 2. The van der Waals surface area contributed by atoms with Crippen molar-refractivity contribution in [3.8, 4) is 0 Å². The van der Waals surface area contributed by atoms with Gasteiger partial charge < -0.3 is 11.1 Å². The molecule has 0 fully saturated rings. The Morgan fingerprint density at radius 2 is 2.50 bits per heavy atom. The monoisotopic (exact) mass is 256 g/mol. The molecule has 1 atom stereocenters. The van der Waals surface area contributed by atoms with Crippen molar-refractivity contribution in [3.05, 3.63) is 21.4 Å². The third kappa shape index (κ3) is 2.78. The van der Waals surface area contributed by atoms with Crippen LogP contribution in [0.3, 0.4) is 0 Å². The van der Waals surface area contributed by atoms with Crippen LogP contribution < -0.4 is 11.1 Å². The number of carbonyl (C=O) groups excluding carboxylic acids is 1. The van der Waals surface area contributed by atoms with E-state index in [-0.39, 0.29) is 11.9 Å². The fourth-order valence-corrected chi connectivity index (χ4v) is 3.89. The zero-order valence-corrected chi connectivity index (χ0v) is 10.9. The molecule has 1 aromatic heterocycles. The van der Waals surface area contributed by atoms with E-state index >= 15 is 0 Å². The third-order valence-corrected chi connectivity index (χ3v) is 4.68. The SMILES string of the molecule is CC(N)CNC(=O)c1cc2c(s1)CCSC2. The van der Waals surface area contributed by atoms with E-state index in [1.165, 1.54) is 16.2 Å². The van der Waals surface area contributed by atoms with Crippen molar-refractivity contribution in [2.45, 2.75) is 25.1 Å². The first-order valence-corrected chi connectivity index (χ1v) is 7.37. The first-order valence-electron chi connectivity index (χ1n) is 5.40. The molecule has 88 valence electrons. The average Bonchev–Trinajstić information content (AvgIpc) is 2.69. The Balaban J connectivity index is 2.03. The zero-order valence-electron chi connectivity index (χ0n) is 9.29. The van der Waals surface area contributed by atoms with E-state index in [4.69, 9.17) is 5.73 Å². The van der Waals surface area contributed by atoms with Gasteiger partial charge in [0.25, 0.3) is 5.91 Å². The van der Waals surface area contributed by atoms with Crippen LogP contribution in [0.5, 0.6) is 0 Å². The average molecular weight is 256 g/mol. The summed E-state index contributed by atoms with van der Waals surface area (Å²) in [6.45, 7) is 2.42. The highest BCUT2D eigenvalue weighted by molar-refractivity contribution is 7.98. The van der Waals surface area contributed by atoms with Gasteiger partial charge in [0.1, 0.15) is 0 Å². The lowest BCUT2D eigenvalue weighted by molar-refractivity contribution is 0.0955. The van der Waals surface area contributed by atoms with Gasteiger partial charge in [0, 0.05) is 23.2 Å². The Kier molecular flexibility index (Phi) is 3.89. The molecule has 0 radical (unpaired) electrons. The van der Waals surface area contributed by atoms with Gasteiger partial charge in [-0.3, -0.25) is 4.79 Å². The molecule has 5 heteroatoms. The van der Waals surface area contributed by atoms with Crippen molar-refractivity contribution in [2.24, 2.45) is 5.73 Å². The van der Waals surface area contributed by atoms with Gasteiger partial charge in [-0.1, -0.05) is 0 Å². The molecule has 1 amide bonds. The standard InChI is InChI=1S/C11H16N2OS2/c1-7(12)5-13-11(14)10-4-8-6-15-3-2-9(8)16-10/h4,7H,2-3,5-6,12H2,1H3,(H,13,14). The largest absolute Gasteiger partial charge is 0.350 e. The predicted octanol–water partition coefficient (Wildman–Crippen LogP) is 1.61. The summed E-state index contributed by atoms with van der Waals surface area (Å²) in [7, 11) is 0. The summed E-state index contributed by atoms with van der Waals surface area (Å²) in [5.74, 6) is 2.24. The van der Waals surface area contributed by atoms with E-state index in [0.717, 1.165) is 17.1 Å². The lowest BCUT2D eigenvalue weighted by Gasteiger charge is -2.08. The smallest absolute Gasteiger partial charge is 0.261 e. The molecule has 1 aromatic rings. The molecule has 0 aromatic carbocycles. The predicted molar refractivity (Wildman–Crippen MR) is 70.2 cm³/mol. The van der Waals surface area contributed by atoms with Crippen molar-refractivity contribution < 1.29 is 4.79 Å². The molecule has 1 aliphatic rings. The second-order valence-electron chi connectivity index (χ2n) is 4.05. The highest BCUT2D eigenvalue weighted by Crippen LogP contribution is 2.31. The van der Waals surface area contributed by atoms with E-state index < -0.39 is 0 Å². The van der Waals surface area contributed by atoms with Crippen LogP contribution in [0, 0.1) is 0 Å². The van der Waals surface area contributed by atoms with Gasteiger partial charge in [-0.15, -0.1) is 11.3 Å². The van der Waals surface area contributed by atoms with Crippen LogP contribution in [0.4, 0.5) is 0 Å². The van der Waals surface area contributed by atoms with Gasteiger partial charge in [-0.05, 0) is 30.7 Å². The first-order chi connectivity index (χ1) is 7.66. The molecule has 1 unspecified atom stereocenters. The second kappa shape index (κ2) is 5.21. The Hall–Kier alpha value is -0.520. The lowest BCUT2D eigenvalue weighted by atomic mass is 10.2. The zero-order chi connectivity index (χ0) is 11.5. The van der Waals surface area contributed by atoms with Crippen LogP contribution in [0.15, 0.2) is 6.07 Å². The van der Waals surface area contributed by atoms with Crippen molar-refractivity contribution >= 4 is 29.0 Å². The van der Waals surface area contributed by atoms with Gasteiger partial charge in [0.2, 0.25) is 0 Å². The molecular weight excluding hydrogens is 240 g/mol. The quantitative estimate of drug-likeness (QED) is 0.864. The highest BCUT2D eigenvalue weighted by atomic mass is 32.2. The molecule has 0 saturated heterocycles. The Labute approximate surface area is 104 Å². The molecule has 1 aliphatic heterocycles. The Morgan fingerprint density at radius 3 is 3.19 bits per heavy atom. The summed E-state index contributed by atoms with van der Waals surface area (Å²) < 4.78 is 0. The molecule has 3 N–H and O–H groups in total. The Bertz CT molecular complexity index is 364. The third-order valence-electron chi connectivity index (χ3n) is 2.44. The van der Waals surface area contributed by atoms with Crippen molar-refractivity contribution in [3.63, 3.8) is 0 Å². The minimum Gasteiger partial charge on any atom is -0.350 e. The molecule has 0 bridgehead atoms. The molecule has 0 spiro atoms. The van der Waals surface area contributed by atoms with Crippen molar-refractivity contribution in [2.75, 3.05) is 12.3 Å². The number of thiophene rings is 1. The summed E-state index contributed by atoms with van der Waals surface area (Å²) >= 11 is 3.56. The van der Waals surface area contributed by atoms with Crippen LogP contribution in [-0.4, -0.2) is 24.2 Å². The fourth-order valence-electron chi connectivity index (χ4n) is 1.60. The van der Waals surface area contributed by atoms with Gasteiger partial charge >= 0.3 is 0 Å². The molecule has 0 saturated carbocycles. The number of amides is 1. The number of nitrogens with one attached hydrogen (secondary N) is 1. The first kappa shape index (κ1) is 12.0. The maximum Gasteiger partial charge on any atom is 0.261 e. The van der Waals surface area contributed by atoms with Gasteiger partial charge in [-0.2, -0.15) is 11.8 Å². The maximum atomic E-state index is 11.8. The maximum absolute atomic E-state index is 11.8. The second-order valence-corrected chi connectivity index (χ2v) is 6.29. The van der Waals surface area contributed by atoms with Gasteiger partial charge in [0.15, 0.2) is 0 Å². The summed E-state index contributed by atoms with van der Waals surface area (Å²) in [5.41, 5.74) is 6.94. The van der Waals surface area contributed by atoms with Gasteiger partial charge in [0.05, 0.1) is 4.88 Å². The van der Waals surface area contributed by atoms with Crippen LogP contribution in [0.25, 0.3) is 0 Å². The van der Waals surface area contributed by atoms with Crippen LogP contribution >= 0.6 is 23.1 Å². The van der Waals surface area contributed by atoms with Crippen molar-refractivity contribution in [1.82, 2.24) is 5.32 Å². The normalized spacial score (nSPS) is 16.6. The Morgan fingerprint density at radius 1 is 1.69 bits per heavy atom. The van der Waals surface area contributed by atoms with E-state index in [1.807, 2.05) is 24.8 Å². The number of nitrogens with two attached hydrogens (primary N) is 1. The molecule has 16 heavy (non-hydrogen) atoms. The summed E-state index contributed by atoms with van der Waals surface area (Å²) in [6, 6.07) is 2.04. The van der Waals surface area contributed by atoms with Crippen molar-refractivity contribution in [1.29, 1.82) is 0 Å². The lowest BCUT2D eigenvalue weighted by Crippen LogP contribution is -2.34. The number of hydrogen-bond acceptors (Lipinski definition) is 4. The number of fused-ring (bicyclic) bond motifs is 1. The van der Waals surface area contributed by atoms with E-state index in [1.54, 1.807) is 11.3 Å². The number of carbonyl (C=O) groups is 1. The number of rotatable bonds is 3. The minimum atomic E-state index is 0.00842. The van der Waals surface area contributed by atoms with Crippen LogP contribution in [0.1, 0.15) is 27.0 Å². The fraction of sp³-hybridized carbons (Fsp3) is 0.545. The minimum absolute atomic E-state index is 0.00842. The molecule has 0 aliphatic carbocycles. The summed E-state index contributed by atoms with van der Waals surface area (Å²) in [4.78, 5) is 14.0. The molecule has 2 heterocycles. The topological polar surface area (TPSA) is 55.1 Å². The van der Waals surface area contributed by atoms with E-state index in [9.17, 15) is 4.79 Å². The highest BCUT2D eigenvalue weighted by Gasteiger charge is 2.17. The van der Waals surface area contributed by atoms with Gasteiger partial charge in [-0.25, -0.2) is 0 Å². The summed E-state index contributed by atoms with van der Waals surface area (Å²) in [5, 5.41) is 2.85.